The summed E-state index contributed by atoms with van der Waals surface area (Å²) in [6.45, 7) is 0. The van der Waals surface area contributed by atoms with E-state index >= 15 is 0 Å². The molecule has 0 aromatic carbocycles. The molecule has 0 amide bonds. The predicted molar refractivity (Wildman–Crippen MR) is 15.7 cm³/mol. The van der Waals surface area contributed by atoms with Crippen LogP contribution in [0, 0.1) is 0 Å². The molecule has 0 nitrogen and oxygen atoms in total. The molecule has 0 unspecified atom stereocenters. The third-order valence-electron chi connectivity index (χ3n) is 0. The van der Waals surface area contributed by atoms with Gasteiger partial charge >= 0.3 is 0 Å². The van der Waals surface area contributed by atoms with Crippen LogP contribution in [0.4, 0.5) is 0 Å². The van der Waals surface area contributed by atoms with E-state index in [0.717, 1.165) is 0 Å². The molecule has 0 heterocycles. The van der Waals surface area contributed by atoms with E-state index in [1.54, 1.807) is 0 Å². The Hall–Kier alpha value is 2.00. The van der Waals surface area contributed by atoms with Gasteiger partial charge in [-0.15, -0.1) is 0 Å². The van der Waals surface area contributed by atoms with Gasteiger partial charge in [-0.3, -0.25) is 0 Å². The maximum Gasteiger partial charge on any atom is 0.187 e. The first-order chi connectivity index (χ1) is 0. The molecule has 0 fully saturated rings. The molecular weight excluding hydrogens is 185 g/mol. The molecule has 0 spiro atoms. The first kappa shape index (κ1) is 37.5. The largest absolute Gasteiger partial charge is 0.187 e. The fraction of sp³-hybridized carbons (Fsp3) is 0. The Bertz CT molecular complexity index is 8.00. The Morgan fingerprint density at radius 1 is 1.00 bits per heavy atom. The van der Waals surface area contributed by atoms with Crippen LogP contribution >= 0.6 is 0 Å². The molecule has 0 aromatic heterocycles. The third-order valence-corrected chi connectivity index (χ3v) is 0. The Balaban J connectivity index is 0. The first-order valence-corrected chi connectivity index (χ1v) is 0. The van der Waals surface area contributed by atoms with Gasteiger partial charge in [0.1, 0.15) is 0 Å². The van der Waals surface area contributed by atoms with Crippen molar-refractivity contribution in [1.29, 1.82) is 0 Å². The number of hydrogen-bond acceptors (Lipinski definition) is 0. The van der Waals surface area contributed by atoms with Gasteiger partial charge in [0.05, 0.1) is 0 Å². The zero-order valence-electron chi connectivity index (χ0n) is 1.43. The van der Waals surface area contributed by atoms with Crippen molar-refractivity contribution in [3.05, 3.63) is 0 Å². The van der Waals surface area contributed by atoms with Crippen LogP contribution in [0.3, 0.4) is 0 Å². The summed E-state index contributed by atoms with van der Waals surface area (Å²) in [6, 6.07) is 0. The zero-order valence-corrected chi connectivity index (χ0v) is 4.99. The van der Waals surface area contributed by atoms with E-state index in [2.05, 4.69) is 0 Å². The van der Waals surface area contributed by atoms with Crippen molar-refractivity contribution in [2.24, 2.45) is 0 Å². The molecule has 3 radical (unpaired) electrons. The molecule has 0 bridgehead atoms. The van der Waals surface area contributed by atoms with Crippen molar-refractivity contribution < 1.29 is 43.3 Å². The summed E-state index contributed by atoms with van der Waals surface area (Å²) in [5.41, 5.74) is 0. The fourth-order valence-corrected chi connectivity index (χ4v) is 0. The quantitative estimate of drug-likeness (QED) is 0.403. The van der Waals surface area contributed by atoms with Crippen LogP contribution in [0.5, 0.6) is 0 Å². The van der Waals surface area contributed by atoms with Crippen LogP contribution in [-0.2, 0) is 43.3 Å². The van der Waals surface area contributed by atoms with Gasteiger partial charge in [-0.2, -0.15) is 0 Å². The average molecular weight is 188 g/mol. The van der Waals surface area contributed by atoms with Crippen molar-refractivity contribution in [3.8, 4) is 0 Å². The molecular formula is H3AlBFeZr. The zero-order chi connectivity index (χ0) is 0. The SMILES string of the molecule is [AlH3].[B].[Fe].[Zr]. The summed E-state index contributed by atoms with van der Waals surface area (Å²) >= 11 is 0. The molecule has 0 saturated heterocycles. The number of rotatable bonds is 0. The Kier molecular flexibility index (Phi) is 188. The minimum atomic E-state index is 0. The molecule has 0 rings (SSSR count). The molecule has 4 heavy (non-hydrogen) atoms. The monoisotopic (exact) mass is 187 g/mol. The summed E-state index contributed by atoms with van der Waals surface area (Å²) in [5, 5.41) is 0. The first-order valence-electron chi connectivity index (χ1n) is 0. The van der Waals surface area contributed by atoms with Crippen LogP contribution in [0.2, 0.25) is 0 Å². The van der Waals surface area contributed by atoms with Gasteiger partial charge in [-0.05, 0) is 0 Å². The standard InChI is InChI=1S/Al.B.Fe.Zr.3H. The van der Waals surface area contributed by atoms with Gasteiger partial charge in [0.2, 0.25) is 0 Å². The predicted octanol–water partition coefficient (Wildman–Crippen LogP) is -1.57. The van der Waals surface area contributed by atoms with Crippen molar-refractivity contribution >= 4 is 25.8 Å². The van der Waals surface area contributed by atoms with Crippen molar-refractivity contribution in [3.63, 3.8) is 0 Å². The molecule has 0 aliphatic heterocycles. The van der Waals surface area contributed by atoms with E-state index in [-0.39, 0.29) is 69.0 Å². The van der Waals surface area contributed by atoms with Crippen LogP contribution in [0.15, 0.2) is 0 Å². The van der Waals surface area contributed by atoms with Gasteiger partial charge in [0.15, 0.2) is 17.4 Å². The maximum absolute atomic E-state index is 0. The summed E-state index contributed by atoms with van der Waals surface area (Å²) in [7, 11) is 0. The normalized spacial score (nSPS) is 0. The minimum Gasteiger partial charge on any atom is 0 e. The molecule has 4 heteroatoms. The number of hydrogen-bond donors (Lipinski definition) is 0. The molecule has 21 valence electrons. The molecule has 0 N–H and O–H groups in total. The minimum absolute atomic E-state index is 0. The fourth-order valence-electron chi connectivity index (χ4n) is 0. The second-order valence-electron chi connectivity index (χ2n) is 0. The van der Waals surface area contributed by atoms with Crippen LogP contribution in [0.1, 0.15) is 0 Å². The molecule has 0 atom stereocenters. The molecule has 0 aliphatic carbocycles. The van der Waals surface area contributed by atoms with E-state index in [9.17, 15) is 0 Å². The van der Waals surface area contributed by atoms with Gasteiger partial charge in [0.25, 0.3) is 0 Å². The van der Waals surface area contributed by atoms with Gasteiger partial charge in [-0.1, -0.05) is 0 Å². The summed E-state index contributed by atoms with van der Waals surface area (Å²) in [6.07, 6.45) is 0. The van der Waals surface area contributed by atoms with E-state index in [4.69, 9.17) is 0 Å². The van der Waals surface area contributed by atoms with Gasteiger partial charge in [0, 0.05) is 51.7 Å². The Labute approximate surface area is 68.4 Å². The van der Waals surface area contributed by atoms with E-state index in [1.807, 2.05) is 0 Å². The summed E-state index contributed by atoms with van der Waals surface area (Å²) < 4.78 is 0. The smallest absolute Gasteiger partial charge is 0 e. The van der Waals surface area contributed by atoms with Crippen molar-refractivity contribution in [2.45, 2.75) is 0 Å². The van der Waals surface area contributed by atoms with E-state index in [1.165, 1.54) is 0 Å². The summed E-state index contributed by atoms with van der Waals surface area (Å²) in [5.74, 6) is 0. The topological polar surface area (TPSA) is 0 Å². The second-order valence-corrected chi connectivity index (χ2v) is 0. The van der Waals surface area contributed by atoms with E-state index in [0.29, 0.717) is 0 Å². The van der Waals surface area contributed by atoms with E-state index < -0.39 is 0 Å². The summed E-state index contributed by atoms with van der Waals surface area (Å²) in [4.78, 5) is 0. The Morgan fingerprint density at radius 3 is 1.00 bits per heavy atom. The van der Waals surface area contributed by atoms with Crippen LogP contribution < -0.4 is 0 Å². The molecule has 0 saturated carbocycles. The molecule has 0 aromatic rings. The van der Waals surface area contributed by atoms with Gasteiger partial charge in [-0.25, -0.2) is 0 Å². The van der Waals surface area contributed by atoms with Crippen LogP contribution in [-0.4, -0.2) is 25.8 Å². The molecule has 0 aliphatic rings. The third kappa shape index (κ3) is 9.00. The maximum atomic E-state index is 0. The van der Waals surface area contributed by atoms with Crippen LogP contribution in [0.25, 0.3) is 0 Å². The Morgan fingerprint density at radius 2 is 1.00 bits per heavy atom. The van der Waals surface area contributed by atoms with Crippen molar-refractivity contribution in [1.82, 2.24) is 0 Å². The average Bonchev–Trinajstić information content (AvgIpc) is 0. The second kappa shape index (κ2) is 20.0. The van der Waals surface area contributed by atoms with Crippen molar-refractivity contribution in [2.75, 3.05) is 0 Å². The van der Waals surface area contributed by atoms with Gasteiger partial charge < -0.3 is 0 Å².